The second-order valence-corrected chi connectivity index (χ2v) is 9.47. The quantitative estimate of drug-likeness (QED) is 0.606. The molecule has 1 aliphatic carbocycles. The number of rotatable bonds is 7. The third-order valence-electron chi connectivity index (χ3n) is 5.71. The standard InChI is InChI=1S/C22H33N5OS/c1-15(2)26(16(3)4)20(28)14-29-22-25-24-21(18-10-8-12-23-13-18)27(22)19-11-7-6-9-17(19)5/h8,10,12-13,15-17,19H,6-7,9,11,14H2,1-5H3. The van der Waals surface area contributed by atoms with E-state index >= 15 is 0 Å². The first-order valence-electron chi connectivity index (χ1n) is 10.7. The Kier molecular flexibility index (Phi) is 7.33. The van der Waals surface area contributed by atoms with Crippen LogP contribution in [-0.4, -0.2) is 48.4 Å². The van der Waals surface area contributed by atoms with Crippen LogP contribution in [0.25, 0.3) is 11.4 Å². The van der Waals surface area contributed by atoms with E-state index in [1.807, 2.05) is 23.2 Å². The Morgan fingerprint density at radius 3 is 2.55 bits per heavy atom. The lowest BCUT2D eigenvalue weighted by molar-refractivity contribution is -0.131. The molecule has 0 saturated heterocycles. The van der Waals surface area contributed by atoms with Crippen molar-refractivity contribution >= 4 is 17.7 Å². The molecule has 3 rings (SSSR count). The van der Waals surface area contributed by atoms with E-state index in [0.29, 0.717) is 17.7 Å². The average Bonchev–Trinajstić information content (AvgIpc) is 3.10. The number of nitrogens with zero attached hydrogens (tertiary/aromatic N) is 5. The summed E-state index contributed by atoms with van der Waals surface area (Å²) in [5.41, 5.74) is 0.974. The van der Waals surface area contributed by atoms with Crippen LogP contribution in [-0.2, 0) is 4.79 Å². The second-order valence-electron chi connectivity index (χ2n) is 8.52. The van der Waals surface area contributed by atoms with Gasteiger partial charge in [-0.3, -0.25) is 14.3 Å². The Morgan fingerprint density at radius 1 is 1.21 bits per heavy atom. The van der Waals surface area contributed by atoms with Crippen LogP contribution in [0.5, 0.6) is 0 Å². The number of hydrogen-bond acceptors (Lipinski definition) is 5. The van der Waals surface area contributed by atoms with Crippen LogP contribution in [0.15, 0.2) is 29.7 Å². The lowest BCUT2D eigenvalue weighted by Crippen LogP contribution is -2.43. The minimum Gasteiger partial charge on any atom is -0.337 e. The Bertz CT molecular complexity index is 797. The van der Waals surface area contributed by atoms with Crippen molar-refractivity contribution in [3.8, 4) is 11.4 Å². The molecule has 29 heavy (non-hydrogen) atoms. The van der Waals surface area contributed by atoms with E-state index in [2.05, 4.69) is 54.4 Å². The molecule has 0 N–H and O–H groups in total. The van der Waals surface area contributed by atoms with Crippen molar-refractivity contribution in [3.63, 3.8) is 0 Å². The summed E-state index contributed by atoms with van der Waals surface area (Å²) >= 11 is 1.51. The lowest BCUT2D eigenvalue weighted by Gasteiger charge is -2.32. The zero-order chi connectivity index (χ0) is 21.0. The molecule has 0 spiro atoms. The molecule has 2 heterocycles. The smallest absolute Gasteiger partial charge is 0.233 e. The van der Waals surface area contributed by atoms with Crippen molar-refractivity contribution < 1.29 is 4.79 Å². The first-order chi connectivity index (χ1) is 13.9. The number of carbonyl (C=O) groups excluding carboxylic acids is 1. The normalized spacial score (nSPS) is 19.7. The van der Waals surface area contributed by atoms with Gasteiger partial charge in [0.1, 0.15) is 0 Å². The number of pyridine rings is 1. The van der Waals surface area contributed by atoms with E-state index in [0.717, 1.165) is 23.0 Å². The van der Waals surface area contributed by atoms with E-state index in [9.17, 15) is 4.79 Å². The highest BCUT2D eigenvalue weighted by molar-refractivity contribution is 7.99. The predicted octanol–water partition coefficient (Wildman–Crippen LogP) is 4.83. The number of thioether (sulfide) groups is 1. The molecule has 7 heteroatoms. The fourth-order valence-corrected chi connectivity index (χ4v) is 5.28. The molecule has 1 saturated carbocycles. The molecule has 1 fully saturated rings. The van der Waals surface area contributed by atoms with Crippen LogP contribution >= 0.6 is 11.8 Å². The van der Waals surface area contributed by atoms with Crippen molar-refractivity contribution in [2.75, 3.05) is 5.75 Å². The van der Waals surface area contributed by atoms with Crippen molar-refractivity contribution in [2.45, 2.75) is 83.6 Å². The van der Waals surface area contributed by atoms with Gasteiger partial charge in [0.25, 0.3) is 0 Å². The molecule has 2 atom stereocenters. The van der Waals surface area contributed by atoms with E-state index in [1.54, 1.807) is 6.20 Å². The van der Waals surface area contributed by atoms with E-state index in [-0.39, 0.29) is 18.0 Å². The van der Waals surface area contributed by atoms with Gasteiger partial charge in [0, 0.05) is 36.1 Å². The molecule has 2 unspecified atom stereocenters. The molecule has 6 nitrogen and oxygen atoms in total. The van der Waals surface area contributed by atoms with Gasteiger partial charge in [0.15, 0.2) is 11.0 Å². The average molecular weight is 416 g/mol. The first kappa shape index (κ1) is 21.8. The van der Waals surface area contributed by atoms with E-state index < -0.39 is 0 Å². The van der Waals surface area contributed by atoms with Gasteiger partial charge in [-0.2, -0.15) is 0 Å². The van der Waals surface area contributed by atoms with Gasteiger partial charge in [-0.05, 0) is 58.6 Å². The van der Waals surface area contributed by atoms with Crippen LogP contribution < -0.4 is 0 Å². The molecule has 0 radical (unpaired) electrons. The zero-order valence-electron chi connectivity index (χ0n) is 18.2. The second kappa shape index (κ2) is 9.74. The van der Waals surface area contributed by atoms with Gasteiger partial charge < -0.3 is 4.90 Å². The third kappa shape index (κ3) is 5.00. The molecule has 158 valence electrons. The van der Waals surface area contributed by atoms with Gasteiger partial charge in [-0.1, -0.05) is 31.5 Å². The molecular weight excluding hydrogens is 382 g/mol. The molecule has 1 aliphatic rings. The summed E-state index contributed by atoms with van der Waals surface area (Å²) in [7, 11) is 0. The van der Waals surface area contributed by atoms with Crippen LogP contribution in [0, 0.1) is 5.92 Å². The summed E-state index contributed by atoms with van der Waals surface area (Å²) in [5, 5.41) is 9.85. The molecule has 2 aromatic rings. The largest absolute Gasteiger partial charge is 0.337 e. The van der Waals surface area contributed by atoms with Crippen LogP contribution in [0.4, 0.5) is 0 Å². The molecule has 0 aromatic carbocycles. The summed E-state index contributed by atoms with van der Waals surface area (Å²) < 4.78 is 2.27. The molecule has 2 aromatic heterocycles. The summed E-state index contributed by atoms with van der Waals surface area (Å²) in [4.78, 5) is 19.1. The van der Waals surface area contributed by atoms with Gasteiger partial charge in [0.05, 0.1) is 5.75 Å². The molecule has 0 aliphatic heterocycles. The topological polar surface area (TPSA) is 63.9 Å². The SMILES string of the molecule is CC1CCCCC1n1c(SCC(=O)N(C(C)C)C(C)C)nnc1-c1cccnc1. The van der Waals surface area contributed by atoms with Crippen molar-refractivity contribution in [2.24, 2.45) is 5.92 Å². The first-order valence-corrected chi connectivity index (χ1v) is 11.7. The number of hydrogen-bond donors (Lipinski definition) is 0. The number of amides is 1. The van der Waals surface area contributed by atoms with Crippen molar-refractivity contribution in [1.29, 1.82) is 0 Å². The minimum absolute atomic E-state index is 0.147. The van der Waals surface area contributed by atoms with Crippen molar-refractivity contribution in [1.82, 2.24) is 24.6 Å². The number of aromatic nitrogens is 4. The molecule has 0 bridgehead atoms. The lowest BCUT2D eigenvalue weighted by atomic mass is 9.85. The Balaban J connectivity index is 1.88. The predicted molar refractivity (Wildman–Crippen MR) is 118 cm³/mol. The monoisotopic (exact) mass is 415 g/mol. The van der Waals surface area contributed by atoms with Crippen molar-refractivity contribution in [3.05, 3.63) is 24.5 Å². The Morgan fingerprint density at radius 2 is 1.93 bits per heavy atom. The maximum atomic E-state index is 12.9. The summed E-state index contributed by atoms with van der Waals surface area (Å²) in [5.74, 6) is 1.95. The highest BCUT2D eigenvalue weighted by Crippen LogP contribution is 2.38. The fraction of sp³-hybridized carbons (Fsp3) is 0.636. The van der Waals surface area contributed by atoms with Crippen LogP contribution in [0.3, 0.4) is 0 Å². The van der Waals surface area contributed by atoms with Gasteiger partial charge in [-0.25, -0.2) is 0 Å². The zero-order valence-corrected chi connectivity index (χ0v) is 19.0. The maximum absolute atomic E-state index is 12.9. The maximum Gasteiger partial charge on any atom is 0.233 e. The summed E-state index contributed by atoms with van der Waals surface area (Å²) in [6.45, 7) is 10.6. The molecular formula is C22H33N5OS. The van der Waals surface area contributed by atoms with Crippen LogP contribution in [0.1, 0.15) is 66.3 Å². The summed E-state index contributed by atoms with van der Waals surface area (Å²) in [6, 6.07) is 4.69. The highest BCUT2D eigenvalue weighted by atomic mass is 32.2. The summed E-state index contributed by atoms with van der Waals surface area (Å²) in [6.07, 6.45) is 8.45. The molecule has 1 amide bonds. The van der Waals surface area contributed by atoms with Gasteiger partial charge >= 0.3 is 0 Å². The van der Waals surface area contributed by atoms with Gasteiger partial charge in [0.2, 0.25) is 5.91 Å². The highest BCUT2D eigenvalue weighted by Gasteiger charge is 2.29. The van der Waals surface area contributed by atoms with Crippen LogP contribution in [0.2, 0.25) is 0 Å². The minimum atomic E-state index is 0.147. The fourth-order valence-electron chi connectivity index (χ4n) is 4.42. The number of carbonyl (C=O) groups is 1. The Labute approximate surface area is 178 Å². The third-order valence-corrected chi connectivity index (χ3v) is 6.64. The van der Waals surface area contributed by atoms with E-state index in [4.69, 9.17) is 0 Å². The van der Waals surface area contributed by atoms with E-state index in [1.165, 1.54) is 31.0 Å². The Hall–Kier alpha value is -1.89. The van der Waals surface area contributed by atoms with Gasteiger partial charge in [-0.15, -0.1) is 10.2 Å².